The van der Waals surface area contributed by atoms with Gasteiger partial charge in [0.05, 0.1) is 5.56 Å². The average Bonchev–Trinajstić information content (AvgIpc) is 2.48. The van der Waals surface area contributed by atoms with Gasteiger partial charge in [-0.1, -0.05) is 0 Å². The molecule has 1 aliphatic heterocycles. The lowest BCUT2D eigenvalue weighted by molar-refractivity contribution is -0.114. The molecule has 0 aliphatic carbocycles. The van der Waals surface area contributed by atoms with E-state index in [4.69, 9.17) is 0 Å². The fourth-order valence-corrected chi connectivity index (χ4v) is 2.52. The van der Waals surface area contributed by atoms with Crippen LogP contribution in [0, 0.1) is 5.82 Å². The zero-order chi connectivity index (χ0) is 15.4. The molecular weight excluding hydrogens is 273 g/mol. The highest BCUT2D eigenvalue weighted by atomic mass is 19.1. The minimum Gasteiger partial charge on any atom is -0.339 e. The zero-order valence-corrected chi connectivity index (χ0v) is 12.3. The van der Waals surface area contributed by atoms with E-state index in [0.717, 1.165) is 25.9 Å². The monoisotopic (exact) mass is 293 g/mol. The van der Waals surface area contributed by atoms with Crippen LogP contribution in [0.15, 0.2) is 18.2 Å². The smallest absolute Gasteiger partial charge is 0.256 e. The summed E-state index contributed by atoms with van der Waals surface area (Å²) in [6.45, 7) is 3.08. The number of carbonyl (C=O) groups is 2. The summed E-state index contributed by atoms with van der Waals surface area (Å²) < 4.78 is 13.9. The van der Waals surface area contributed by atoms with Crippen molar-refractivity contribution < 1.29 is 14.0 Å². The van der Waals surface area contributed by atoms with Gasteiger partial charge in [0.1, 0.15) is 5.82 Å². The maximum atomic E-state index is 13.9. The van der Waals surface area contributed by atoms with Crippen LogP contribution in [0.5, 0.6) is 0 Å². The fraction of sp³-hybridized carbons (Fsp3) is 0.467. The molecule has 1 saturated heterocycles. The summed E-state index contributed by atoms with van der Waals surface area (Å²) in [5.41, 5.74) is 0.410. The topological polar surface area (TPSA) is 61.4 Å². The van der Waals surface area contributed by atoms with E-state index in [2.05, 4.69) is 10.6 Å². The van der Waals surface area contributed by atoms with Gasteiger partial charge in [0.2, 0.25) is 5.91 Å². The summed E-state index contributed by atoms with van der Waals surface area (Å²) in [5.74, 6) is -1.19. The molecule has 0 bridgehead atoms. The highest BCUT2D eigenvalue weighted by molar-refractivity contribution is 5.97. The molecule has 0 aromatic heterocycles. The summed E-state index contributed by atoms with van der Waals surface area (Å²) in [6.07, 6.45) is 1.71. The van der Waals surface area contributed by atoms with Crippen molar-refractivity contribution in [1.82, 2.24) is 10.2 Å². The van der Waals surface area contributed by atoms with Gasteiger partial charge in [-0.3, -0.25) is 9.59 Å². The van der Waals surface area contributed by atoms with Crippen LogP contribution in [0.1, 0.15) is 30.1 Å². The van der Waals surface area contributed by atoms with Gasteiger partial charge >= 0.3 is 0 Å². The Labute approximate surface area is 123 Å². The number of nitrogens with one attached hydrogen (secondary N) is 2. The van der Waals surface area contributed by atoms with Crippen molar-refractivity contribution in [2.45, 2.75) is 25.8 Å². The molecule has 2 N–H and O–H groups in total. The number of benzene rings is 1. The third-order valence-corrected chi connectivity index (χ3v) is 3.69. The van der Waals surface area contributed by atoms with Crippen LogP contribution < -0.4 is 10.6 Å². The van der Waals surface area contributed by atoms with E-state index in [1.54, 1.807) is 11.9 Å². The number of rotatable bonds is 3. The second-order valence-corrected chi connectivity index (χ2v) is 5.27. The number of halogens is 1. The predicted molar refractivity (Wildman–Crippen MR) is 78.7 cm³/mol. The minimum absolute atomic E-state index is 0.0118. The molecule has 1 fully saturated rings. The maximum Gasteiger partial charge on any atom is 0.256 e. The summed E-state index contributed by atoms with van der Waals surface area (Å²) in [6, 6.07) is 4.14. The van der Waals surface area contributed by atoms with Gasteiger partial charge in [-0.25, -0.2) is 4.39 Å². The Balaban J connectivity index is 2.18. The normalized spacial score (nSPS) is 15.6. The van der Waals surface area contributed by atoms with Crippen LogP contribution >= 0.6 is 0 Å². The number of piperidine rings is 1. The van der Waals surface area contributed by atoms with Crippen molar-refractivity contribution in [1.29, 1.82) is 0 Å². The molecule has 6 heteroatoms. The Kier molecular flexibility index (Phi) is 4.90. The van der Waals surface area contributed by atoms with E-state index in [-0.39, 0.29) is 23.4 Å². The molecule has 2 rings (SSSR count). The number of carbonyl (C=O) groups excluding carboxylic acids is 2. The standard InChI is InChI=1S/C15H20FN3O2/c1-10(20)18-11-3-4-14(16)13(9-11)15(21)19(2)12-5-7-17-8-6-12/h3-4,9,12,17H,5-8H2,1-2H3,(H,18,20). The lowest BCUT2D eigenvalue weighted by atomic mass is 10.0. The third kappa shape index (κ3) is 3.78. The molecule has 0 saturated carbocycles. The Morgan fingerprint density at radius 1 is 1.33 bits per heavy atom. The first kappa shape index (κ1) is 15.4. The van der Waals surface area contributed by atoms with Gasteiger partial charge in [-0.05, 0) is 44.1 Å². The molecule has 5 nitrogen and oxygen atoms in total. The van der Waals surface area contributed by atoms with Crippen molar-refractivity contribution in [2.75, 3.05) is 25.5 Å². The highest BCUT2D eigenvalue weighted by Gasteiger charge is 2.24. The average molecular weight is 293 g/mol. The maximum absolute atomic E-state index is 13.9. The van der Waals surface area contributed by atoms with Crippen LogP contribution in [0.25, 0.3) is 0 Å². The van der Waals surface area contributed by atoms with E-state index in [1.165, 1.54) is 25.1 Å². The Morgan fingerprint density at radius 2 is 2.00 bits per heavy atom. The van der Waals surface area contributed by atoms with Crippen LogP contribution in [-0.2, 0) is 4.79 Å². The largest absolute Gasteiger partial charge is 0.339 e. The Morgan fingerprint density at radius 3 is 2.62 bits per heavy atom. The Bertz CT molecular complexity index is 542. The molecule has 2 amide bonds. The molecule has 0 unspecified atom stereocenters. The van der Waals surface area contributed by atoms with Gasteiger partial charge in [-0.2, -0.15) is 0 Å². The second kappa shape index (κ2) is 6.67. The Hall–Kier alpha value is -1.95. The second-order valence-electron chi connectivity index (χ2n) is 5.27. The number of anilines is 1. The molecular formula is C15H20FN3O2. The summed E-state index contributed by atoms with van der Waals surface area (Å²) in [4.78, 5) is 25.1. The summed E-state index contributed by atoms with van der Waals surface area (Å²) in [5, 5.41) is 5.79. The first-order valence-corrected chi connectivity index (χ1v) is 7.04. The number of hydrogen-bond acceptors (Lipinski definition) is 3. The van der Waals surface area contributed by atoms with E-state index < -0.39 is 5.82 Å². The van der Waals surface area contributed by atoms with Gasteiger partial charge in [-0.15, -0.1) is 0 Å². The van der Waals surface area contributed by atoms with Crippen LogP contribution in [0.2, 0.25) is 0 Å². The minimum atomic E-state index is -0.574. The van der Waals surface area contributed by atoms with Gasteiger partial charge in [0, 0.05) is 25.7 Å². The van der Waals surface area contributed by atoms with Gasteiger partial charge < -0.3 is 15.5 Å². The van der Waals surface area contributed by atoms with Crippen molar-refractivity contribution in [3.63, 3.8) is 0 Å². The molecule has 1 aliphatic rings. The van der Waals surface area contributed by atoms with Gasteiger partial charge in [0.25, 0.3) is 5.91 Å². The van der Waals surface area contributed by atoms with E-state index >= 15 is 0 Å². The number of nitrogens with zero attached hydrogens (tertiary/aromatic N) is 1. The highest BCUT2D eigenvalue weighted by Crippen LogP contribution is 2.19. The SMILES string of the molecule is CC(=O)Nc1ccc(F)c(C(=O)N(C)C2CCNCC2)c1. The van der Waals surface area contributed by atoms with Crippen molar-refractivity contribution in [3.8, 4) is 0 Å². The van der Waals surface area contributed by atoms with Crippen LogP contribution in [-0.4, -0.2) is 42.9 Å². The first-order valence-electron chi connectivity index (χ1n) is 7.04. The first-order chi connectivity index (χ1) is 9.99. The molecule has 1 heterocycles. The summed E-state index contributed by atoms with van der Waals surface area (Å²) >= 11 is 0. The van der Waals surface area contributed by atoms with Gasteiger partial charge in [0.15, 0.2) is 0 Å². The molecule has 1 aromatic rings. The lowest BCUT2D eigenvalue weighted by Gasteiger charge is -2.31. The number of hydrogen-bond donors (Lipinski definition) is 2. The fourth-order valence-electron chi connectivity index (χ4n) is 2.52. The third-order valence-electron chi connectivity index (χ3n) is 3.69. The van der Waals surface area contributed by atoms with Crippen LogP contribution in [0.3, 0.4) is 0 Å². The molecule has 0 spiro atoms. The van der Waals surface area contributed by atoms with Crippen molar-refractivity contribution in [2.24, 2.45) is 0 Å². The quantitative estimate of drug-likeness (QED) is 0.890. The van der Waals surface area contributed by atoms with Crippen molar-refractivity contribution >= 4 is 17.5 Å². The van der Waals surface area contributed by atoms with E-state index in [0.29, 0.717) is 5.69 Å². The number of amides is 2. The molecule has 0 atom stereocenters. The van der Waals surface area contributed by atoms with Crippen molar-refractivity contribution in [3.05, 3.63) is 29.6 Å². The summed E-state index contributed by atoms with van der Waals surface area (Å²) in [7, 11) is 1.70. The molecule has 114 valence electrons. The predicted octanol–water partition coefficient (Wildman–Crippen LogP) is 1.61. The lowest BCUT2D eigenvalue weighted by Crippen LogP contribution is -2.44. The molecule has 0 radical (unpaired) electrons. The molecule has 21 heavy (non-hydrogen) atoms. The van der Waals surface area contributed by atoms with Crippen LogP contribution in [0.4, 0.5) is 10.1 Å². The zero-order valence-electron chi connectivity index (χ0n) is 12.3. The van der Waals surface area contributed by atoms with E-state index in [1.807, 2.05) is 0 Å². The van der Waals surface area contributed by atoms with E-state index in [9.17, 15) is 14.0 Å². The molecule has 1 aromatic carbocycles.